The third kappa shape index (κ3) is 3.07. The van der Waals surface area contributed by atoms with Crippen molar-refractivity contribution in [1.29, 1.82) is 0 Å². The first-order valence-corrected chi connectivity index (χ1v) is 8.73. The van der Waals surface area contributed by atoms with Gasteiger partial charge in [0.25, 0.3) is 5.91 Å². The molecule has 0 saturated carbocycles. The minimum Gasteiger partial charge on any atom is -0.493 e. The molecule has 2 aliphatic heterocycles. The highest BCUT2D eigenvalue weighted by molar-refractivity contribution is 6.01. The van der Waals surface area contributed by atoms with E-state index in [1.165, 1.54) is 0 Å². The van der Waals surface area contributed by atoms with Crippen molar-refractivity contribution in [1.82, 2.24) is 4.90 Å². The van der Waals surface area contributed by atoms with Gasteiger partial charge in [-0.2, -0.15) is 0 Å². The molecular formula is C20H21FN2O3. The zero-order valence-corrected chi connectivity index (χ0v) is 14.6. The summed E-state index contributed by atoms with van der Waals surface area (Å²) in [6, 6.07) is 13.2. The molecule has 1 fully saturated rings. The van der Waals surface area contributed by atoms with Crippen LogP contribution in [0.1, 0.15) is 22.3 Å². The number of nitrogens with zero attached hydrogens (tertiary/aromatic N) is 1. The summed E-state index contributed by atoms with van der Waals surface area (Å²) in [5, 5.41) is 3.27. The monoisotopic (exact) mass is 356 g/mol. The molecule has 0 bridgehead atoms. The largest absolute Gasteiger partial charge is 0.493 e. The van der Waals surface area contributed by atoms with Crippen LogP contribution in [0.3, 0.4) is 0 Å². The molecule has 2 aliphatic rings. The number of carbonyl (C=O) groups excluding carboxylic acids is 1. The number of alkyl halides is 1. The summed E-state index contributed by atoms with van der Waals surface area (Å²) in [6.45, 7) is 1.09. The maximum absolute atomic E-state index is 13.7. The van der Waals surface area contributed by atoms with Crippen LogP contribution in [-0.4, -0.2) is 43.2 Å². The van der Waals surface area contributed by atoms with Gasteiger partial charge < -0.3 is 19.7 Å². The number of nitrogens with one attached hydrogen (secondary N) is 1. The SMILES string of the molecule is COc1cc2c(cc1OCc1ccccc1)NC[C@@H]1C[C@H](F)CN1C2=O. The summed E-state index contributed by atoms with van der Waals surface area (Å²) in [7, 11) is 1.54. The second-order valence-electron chi connectivity index (χ2n) is 6.65. The summed E-state index contributed by atoms with van der Waals surface area (Å²) in [4.78, 5) is 14.5. The van der Waals surface area contributed by atoms with Crippen LogP contribution in [0.4, 0.5) is 10.1 Å². The van der Waals surface area contributed by atoms with Gasteiger partial charge >= 0.3 is 0 Å². The van der Waals surface area contributed by atoms with E-state index in [1.54, 1.807) is 24.1 Å². The smallest absolute Gasteiger partial charge is 0.256 e. The molecule has 0 radical (unpaired) electrons. The van der Waals surface area contributed by atoms with E-state index in [0.717, 1.165) is 5.56 Å². The highest BCUT2D eigenvalue weighted by Gasteiger charge is 2.38. The molecule has 1 saturated heterocycles. The first kappa shape index (κ1) is 16.7. The Kier molecular flexibility index (Phi) is 4.41. The predicted molar refractivity (Wildman–Crippen MR) is 96.6 cm³/mol. The molecule has 2 aromatic rings. The zero-order chi connectivity index (χ0) is 18.1. The van der Waals surface area contributed by atoms with Gasteiger partial charge in [-0.05, 0) is 11.6 Å². The fourth-order valence-electron chi connectivity index (χ4n) is 3.58. The third-order valence-electron chi connectivity index (χ3n) is 4.92. The lowest BCUT2D eigenvalue weighted by Gasteiger charge is -2.21. The number of benzene rings is 2. The van der Waals surface area contributed by atoms with Gasteiger partial charge in [-0.15, -0.1) is 0 Å². The molecular weight excluding hydrogens is 335 g/mol. The Hall–Kier alpha value is -2.76. The van der Waals surface area contributed by atoms with Gasteiger partial charge in [-0.25, -0.2) is 4.39 Å². The lowest BCUT2D eigenvalue weighted by molar-refractivity contribution is 0.0742. The average molecular weight is 356 g/mol. The summed E-state index contributed by atoms with van der Waals surface area (Å²) >= 11 is 0. The number of hydrogen-bond donors (Lipinski definition) is 1. The Morgan fingerprint density at radius 2 is 2.04 bits per heavy atom. The van der Waals surface area contributed by atoms with Crippen molar-refractivity contribution >= 4 is 11.6 Å². The highest BCUT2D eigenvalue weighted by Crippen LogP contribution is 2.37. The van der Waals surface area contributed by atoms with Gasteiger partial charge in [-0.1, -0.05) is 30.3 Å². The second-order valence-corrected chi connectivity index (χ2v) is 6.65. The Balaban J connectivity index is 1.62. The second kappa shape index (κ2) is 6.86. The standard InChI is InChI=1S/C20H21FN2O3/c1-25-18-8-16-17(9-19(18)26-12-13-5-3-2-4-6-13)22-10-15-7-14(21)11-23(15)20(16)24/h2-6,8-9,14-15,22H,7,10-12H2,1H3/t14-,15-/m0/s1. The van der Waals surface area contributed by atoms with Gasteiger partial charge in [0.15, 0.2) is 11.5 Å². The number of amides is 1. The van der Waals surface area contributed by atoms with Crippen LogP contribution >= 0.6 is 0 Å². The topological polar surface area (TPSA) is 50.8 Å². The lowest BCUT2D eigenvalue weighted by Crippen LogP contribution is -2.37. The van der Waals surface area contributed by atoms with Gasteiger partial charge in [0.05, 0.1) is 30.9 Å². The number of rotatable bonds is 4. The van der Waals surface area contributed by atoms with Crippen LogP contribution in [0.5, 0.6) is 11.5 Å². The molecule has 136 valence electrons. The lowest BCUT2D eigenvalue weighted by atomic mass is 10.1. The summed E-state index contributed by atoms with van der Waals surface area (Å²) in [5.41, 5.74) is 2.23. The van der Waals surface area contributed by atoms with Crippen LogP contribution in [0.15, 0.2) is 42.5 Å². The Morgan fingerprint density at radius 3 is 2.81 bits per heavy atom. The quantitative estimate of drug-likeness (QED) is 0.914. The molecule has 6 heteroatoms. The van der Waals surface area contributed by atoms with Crippen LogP contribution in [-0.2, 0) is 6.61 Å². The molecule has 1 amide bonds. The van der Waals surface area contributed by atoms with Gasteiger partial charge in [0.1, 0.15) is 12.8 Å². The Morgan fingerprint density at radius 1 is 1.23 bits per heavy atom. The first-order chi connectivity index (χ1) is 12.7. The van der Waals surface area contributed by atoms with E-state index in [9.17, 15) is 9.18 Å². The summed E-state index contributed by atoms with van der Waals surface area (Å²) in [5.74, 6) is 0.896. The molecule has 2 atom stereocenters. The predicted octanol–water partition coefficient (Wildman–Crippen LogP) is 3.25. The Bertz CT molecular complexity index is 812. The van der Waals surface area contributed by atoms with Gasteiger partial charge in [0, 0.05) is 19.0 Å². The highest BCUT2D eigenvalue weighted by atomic mass is 19.1. The molecule has 1 N–H and O–H groups in total. The van der Waals surface area contributed by atoms with Crippen molar-refractivity contribution in [2.45, 2.75) is 25.2 Å². The fraction of sp³-hybridized carbons (Fsp3) is 0.350. The van der Waals surface area contributed by atoms with E-state index in [1.807, 2.05) is 30.3 Å². The molecule has 5 nitrogen and oxygen atoms in total. The number of carbonyl (C=O) groups is 1. The van der Waals surface area contributed by atoms with Crippen LogP contribution in [0.25, 0.3) is 0 Å². The van der Waals surface area contributed by atoms with E-state index in [-0.39, 0.29) is 18.5 Å². The molecule has 0 spiro atoms. The molecule has 26 heavy (non-hydrogen) atoms. The molecule has 0 aliphatic carbocycles. The van der Waals surface area contributed by atoms with Crippen molar-refractivity contribution in [2.75, 3.05) is 25.5 Å². The number of hydrogen-bond acceptors (Lipinski definition) is 4. The van der Waals surface area contributed by atoms with E-state index >= 15 is 0 Å². The van der Waals surface area contributed by atoms with Crippen LogP contribution in [0, 0.1) is 0 Å². The normalized spacial score (nSPS) is 21.5. The maximum atomic E-state index is 13.7. The minimum absolute atomic E-state index is 0.121. The third-order valence-corrected chi connectivity index (χ3v) is 4.92. The van der Waals surface area contributed by atoms with E-state index in [2.05, 4.69) is 5.32 Å². The number of halogens is 1. The first-order valence-electron chi connectivity index (χ1n) is 8.73. The number of ether oxygens (including phenoxy) is 2. The molecule has 0 aromatic heterocycles. The van der Waals surface area contributed by atoms with Crippen LogP contribution in [0.2, 0.25) is 0 Å². The van der Waals surface area contributed by atoms with E-state index in [4.69, 9.17) is 9.47 Å². The molecule has 0 unspecified atom stereocenters. The average Bonchev–Trinajstić information content (AvgIpc) is 3.00. The summed E-state index contributed by atoms with van der Waals surface area (Å²) in [6.07, 6.45) is -0.580. The fourth-order valence-corrected chi connectivity index (χ4v) is 3.58. The van der Waals surface area contributed by atoms with Crippen molar-refractivity contribution in [3.63, 3.8) is 0 Å². The number of methoxy groups -OCH3 is 1. The molecule has 2 aromatic carbocycles. The van der Waals surface area contributed by atoms with Crippen LogP contribution < -0.4 is 14.8 Å². The van der Waals surface area contributed by atoms with E-state index < -0.39 is 6.17 Å². The van der Waals surface area contributed by atoms with Crippen molar-refractivity contribution < 1.29 is 18.7 Å². The molecule has 4 rings (SSSR count). The van der Waals surface area contributed by atoms with E-state index in [0.29, 0.717) is 42.3 Å². The maximum Gasteiger partial charge on any atom is 0.256 e. The minimum atomic E-state index is -0.956. The zero-order valence-electron chi connectivity index (χ0n) is 14.6. The van der Waals surface area contributed by atoms with Crippen molar-refractivity contribution in [2.24, 2.45) is 0 Å². The van der Waals surface area contributed by atoms with Gasteiger partial charge in [0.2, 0.25) is 0 Å². The summed E-state index contributed by atoms with van der Waals surface area (Å²) < 4.78 is 25.1. The van der Waals surface area contributed by atoms with Gasteiger partial charge in [-0.3, -0.25) is 4.79 Å². The molecule has 2 heterocycles. The number of anilines is 1. The Labute approximate surface area is 151 Å². The van der Waals surface area contributed by atoms with Crippen molar-refractivity contribution in [3.05, 3.63) is 53.6 Å². The van der Waals surface area contributed by atoms with Crippen molar-refractivity contribution in [3.8, 4) is 11.5 Å². The number of fused-ring (bicyclic) bond motifs is 2.